The summed E-state index contributed by atoms with van der Waals surface area (Å²) in [5.74, 6) is 1.58. The Hall–Kier alpha value is -2.10. The fraction of sp³-hybridized carbons (Fsp3) is 0.375. The minimum atomic E-state index is 0.680. The van der Waals surface area contributed by atoms with E-state index in [9.17, 15) is 0 Å². The molecule has 0 aliphatic heterocycles. The highest BCUT2D eigenvalue weighted by Gasteiger charge is 2.10. The van der Waals surface area contributed by atoms with Gasteiger partial charge >= 0.3 is 0 Å². The molecular formula is C16H22N4. The number of nitrogens with one attached hydrogen (secondary N) is 1. The molecule has 4 heteroatoms. The van der Waals surface area contributed by atoms with Gasteiger partial charge in [-0.05, 0) is 39.3 Å². The molecule has 1 N–H and O–H groups in total. The Kier molecular flexibility index (Phi) is 4.23. The molecule has 1 heterocycles. The molecule has 0 radical (unpaired) electrons. The fourth-order valence-electron chi connectivity index (χ4n) is 2.27. The summed E-state index contributed by atoms with van der Waals surface area (Å²) in [4.78, 5) is 11.1. The van der Waals surface area contributed by atoms with Gasteiger partial charge in [0.15, 0.2) is 0 Å². The van der Waals surface area contributed by atoms with E-state index in [4.69, 9.17) is 0 Å². The van der Waals surface area contributed by atoms with Crippen molar-refractivity contribution < 1.29 is 0 Å². The van der Waals surface area contributed by atoms with E-state index in [0.717, 1.165) is 23.7 Å². The van der Waals surface area contributed by atoms with Gasteiger partial charge < -0.3 is 10.2 Å². The van der Waals surface area contributed by atoms with E-state index < -0.39 is 0 Å². The zero-order chi connectivity index (χ0) is 14.7. The molecule has 0 atom stereocenters. The first-order valence-corrected chi connectivity index (χ1v) is 6.91. The molecule has 0 aliphatic rings. The van der Waals surface area contributed by atoms with Crippen molar-refractivity contribution in [1.29, 1.82) is 0 Å². The maximum absolute atomic E-state index is 4.57. The lowest BCUT2D eigenvalue weighted by Crippen LogP contribution is -2.15. The molecular weight excluding hydrogens is 248 g/mol. The Labute approximate surface area is 120 Å². The number of rotatable bonds is 4. The molecule has 0 unspecified atom stereocenters. The number of hydrogen-bond donors (Lipinski definition) is 1. The van der Waals surface area contributed by atoms with E-state index >= 15 is 0 Å². The van der Waals surface area contributed by atoms with Crippen LogP contribution in [0.25, 0.3) is 0 Å². The smallest absolute Gasteiger partial charge is 0.224 e. The highest BCUT2D eigenvalue weighted by atomic mass is 15.2. The van der Waals surface area contributed by atoms with Crippen molar-refractivity contribution in [2.75, 3.05) is 23.8 Å². The van der Waals surface area contributed by atoms with Crippen LogP contribution < -0.4 is 10.2 Å². The quantitative estimate of drug-likeness (QED) is 0.921. The highest BCUT2D eigenvalue weighted by molar-refractivity contribution is 5.64. The zero-order valence-corrected chi connectivity index (χ0v) is 12.9. The van der Waals surface area contributed by atoms with Crippen molar-refractivity contribution >= 4 is 17.5 Å². The van der Waals surface area contributed by atoms with E-state index in [0.29, 0.717) is 5.95 Å². The second-order valence-corrected chi connectivity index (χ2v) is 5.07. The summed E-state index contributed by atoms with van der Waals surface area (Å²) in [6, 6.07) is 8.44. The summed E-state index contributed by atoms with van der Waals surface area (Å²) >= 11 is 0. The van der Waals surface area contributed by atoms with E-state index in [2.05, 4.69) is 52.2 Å². The third-order valence-electron chi connectivity index (χ3n) is 3.23. The third-order valence-corrected chi connectivity index (χ3v) is 3.23. The first-order chi connectivity index (χ1) is 9.51. The Balaban J connectivity index is 2.39. The van der Waals surface area contributed by atoms with Crippen molar-refractivity contribution in [2.45, 2.75) is 27.7 Å². The standard InChI is InChI=1S/C16H22N4/c1-6-17-16-18-13(4)10-15(19-16)20(5)14-8-7-11(2)9-12(14)3/h7-10H,6H2,1-5H3,(H,17,18,19). The molecule has 0 fully saturated rings. The third kappa shape index (κ3) is 3.07. The van der Waals surface area contributed by atoms with Crippen molar-refractivity contribution in [3.8, 4) is 0 Å². The molecule has 0 spiro atoms. The summed E-state index contributed by atoms with van der Waals surface area (Å²) < 4.78 is 0. The van der Waals surface area contributed by atoms with Crippen LogP contribution in [0.1, 0.15) is 23.7 Å². The van der Waals surface area contributed by atoms with Crippen LogP contribution in [0.5, 0.6) is 0 Å². The monoisotopic (exact) mass is 270 g/mol. The SMILES string of the molecule is CCNc1nc(C)cc(N(C)c2ccc(C)cc2C)n1. The van der Waals surface area contributed by atoms with E-state index in [1.54, 1.807) is 0 Å². The topological polar surface area (TPSA) is 41.1 Å². The predicted molar refractivity (Wildman–Crippen MR) is 84.9 cm³/mol. The summed E-state index contributed by atoms with van der Waals surface area (Å²) in [6.45, 7) is 9.07. The molecule has 2 rings (SSSR count). The largest absolute Gasteiger partial charge is 0.354 e. The van der Waals surface area contributed by atoms with Gasteiger partial charge in [0.1, 0.15) is 5.82 Å². The maximum Gasteiger partial charge on any atom is 0.224 e. The minimum Gasteiger partial charge on any atom is -0.354 e. The summed E-state index contributed by atoms with van der Waals surface area (Å²) in [5.41, 5.74) is 4.64. The van der Waals surface area contributed by atoms with Crippen LogP contribution in [0.2, 0.25) is 0 Å². The Morgan fingerprint density at radius 2 is 1.85 bits per heavy atom. The number of aromatic nitrogens is 2. The molecule has 0 saturated heterocycles. The van der Waals surface area contributed by atoms with Crippen molar-refractivity contribution in [3.05, 3.63) is 41.1 Å². The van der Waals surface area contributed by atoms with Gasteiger partial charge in [-0.25, -0.2) is 4.98 Å². The van der Waals surface area contributed by atoms with E-state index in [-0.39, 0.29) is 0 Å². The number of nitrogens with zero attached hydrogens (tertiary/aromatic N) is 3. The predicted octanol–water partition coefficient (Wildman–Crippen LogP) is 3.60. The number of anilines is 3. The van der Waals surface area contributed by atoms with E-state index in [1.165, 1.54) is 11.1 Å². The molecule has 1 aromatic carbocycles. The van der Waals surface area contributed by atoms with E-state index in [1.807, 2.05) is 27.0 Å². The second kappa shape index (κ2) is 5.90. The zero-order valence-electron chi connectivity index (χ0n) is 12.9. The molecule has 106 valence electrons. The summed E-state index contributed by atoms with van der Waals surface area (Å²) in [5, 5.41) is 3.17. The number of hydrogen-bond acceptors (Lipinski definition) is 4. The van der Waals surface area contributed by atoms with Gasteiger partial charge in [-0.1, -0.05) is 17.7 Å². The molecule has 0 saturated carbocycles. The van der Waals surface area contributed by atoms with Crippen LogP contribution in [0.15, 0.2) is 24.3 Å². The Morgan fingerprint density at radius 3 is 2.50 bits per heavy atom. The molecule has 0 amide bonds. The van der Waals surface area contributed by atoms with Crippen LogP contribution in [-0.2, 0) is 0 Å². The number of benzene rings is 1. The normalized spacial score (nSPS) is 10.4. The number of aryl methyl sites for hydroxylation is 3. The highest BCUT2D eigenvalue weighted by Crippen LogP contribution is 2.26. The Bertz CT molecular complexity index is 607. The average Bonchev–Trinajstić information content (AvgIpc) is 2.37. The van der Waals surface area contributed by atoms with Gasteiger partial charge in [0.2, 0.25) is 5.95 Å². The summed E-state index contributed by atoms with van der Waals surface area (Å²) in [6.07, 6.45) is 0. The van der Waals surface area contributed by atoms with Crippen LogP contribution in [-0.4, -0.2) is 23.6 Å². The van der Waals surface area contributed by atoms with Gasteiger partial charge in [0.05, 0.1) is 0 Å². The molecule has 20 heavy (non-hydrogen) atoms. The van der Waals surface area contributed by atoms with Crippen LogP contribution >= 0.6 is 0 Å². The lowest BCUT2D eigenvalue weighted by Gasteiger charge is -2.21. The van der Waals surface area contributed by atoms with Gasteiger partial charge in [0, 0.05) is 31.0 Å². The van der Waals surface area contributed by atoms with Gasteiger partial charge in [-0.2, -0.15) is 4.98 Å². The molecule has 0 bridgehead atoms. The Morgan fingerprint density at radius 1 is 1.10 bits per heavy atom. The maximum atomic E-state index is 4.57. The molecule has 4 nitrogen and oxygen atoms in total. The van der Waals surface area contributed by atoms with Crippen molar-refractivity contribution in [2.24, 2.45) is 0 Å². The van der Waals surface area contributed by atoms with Crippen molar-refractivity contribution in [1.82, 2.24) is 9.97 Å². The van der Waals surface area contributed by atoms with Crippen LogP contribution in [0, 0.1) is 20.8 Å². The second-order valence-electron chi connectivity index (χ2n) is 5.07. The van der Waals surface area contributed by atoms with Gasteiger partial charge in [-0.15, -0.1) is 0 Å². The fourth-order valence-corrected chi connectivity index (χ4v) is 2.27. The first-order valence-electron chi connectivity index (χ1n) is 6.91. The average molecular weight is 270 g/mol. The molecule has 2 aromatic rings. The van der Waals surface area contributed by atoms with Crippen LogP contribution in [0.3, 0.4) is 0 Å². The summed E-state index contributed by atoms with van der Waals surface area (Å²) in [7, 11) is 2.04. The lowest BCUT2D eigenvalue weighted by atomic mass is 10.1. The van der Waals surface area contributed by atoms with Crippen molar-refractivity contribution in [3.63, 3.8) is 0 Å². The molecule has 1 aromatic heterocycles. The first kappa shape index (κ1) is 14.3. The van der Waals surface area contributed by atoms with Crippen LogP contribution in [0.4, 0.5) is 17.5 Å². The van der Waals surface area contributed by atoms with Gasteiger partial charge in [0.25, 0.3) is 0 Å². The lowest BCUT2D eigenvalue weighted by molar-refractivity contribution is 1.02. The minimum absolute atomic E-state index is 0.680. The van der Waals surface area contributed by atoms with Gasteiger partial charge in [-0.3, -0.25) is 0 Å². The molecule has 0 aliphatic carbocycles.